The monoisotopic (exact) mass is 545 g/mol. The predicted molar refractivity (Wildman–Crippen MR) is 122 cm³/mol. The van der Waals surface area contributed by atoms with Crippen molar-refractivity contribution < 1.29 is 35.6 Å². The van der Waals surface area contributed by atoms with Crippen LogP contribution in [0, 0.1) is 18.8 Å². The second-order valence-electron chi connectivity index (χ2n) is 9.90. The number of ether oxygens (including phenoxy) is 1. The van der Waals surface area contributed by atoms with Crippen LogP contribution in [-0.4, -0.2) is 44.0 Å². The maximum Gasteiger partial charge on any atom is 0.416 e. The minimum atomic E-state index is -4.99. The number of benzene rings is 1. The first-order valence-electron chi connectivity index (χ1n) is 12.0. The van der Waals surface area contributed by atoms with Crippen molar-refractivity contribution in [3.8, 4) is 11.8 Å². The van der Waals surface area contributed by atoms with Gasteiger partial charge < -0.3 is 19.5 Å². The van der Waals surface area contributed by atoms with Crippen LogP contribution in [-0.2, 0) is 12.4 Å². The van der Waals surface area contributed by atoms with E-state index in [2.05, 4.69) is 25.5 Å². The first kappa shape index (κ1) is 26.1. The van der Waals surface area contributed by atoms with Crippen LogP contribution in [0.5, 0.6) is 11.8 Å². The summed E-state index contributed by atoms with van der Waals surface area (Å²) in [4.78, 5) is 10.6. The predicted octanol–water partition coefficient (Wildman–Crippen LogP) is 5.71. The smallest absolute Gasteiger partial charge is 0.416 e. The molecule has 1 N–H and O–H groups in total. The third-order valence-corrected chi connectivity index (χ3v) is 6.78. The number of aromatic nitrogens is 5. The van der Waals surface area contributed by atoms with E-state index in [0.29, 0.717) is 37.1 Å². The molecule has 2 atom stereocenters. The Balaban J connectivity index is 1.38. The minimum Gasteiger partial charge on any atom is -0.424 e. The molecule has 0 amide bonds. The van der Waals surface area contributed by atoms with Gasteiger partial charge in [-0.3, -0.25) is 0 Å². The average molecular weight is 545 g/mol. The van der Waals surface area contributed by atoms with Crippen LogP contribution in [0.15, 0.2) is 22.7 Å². The molecule has 5 rings (SSSR count). The Hall–Kier alpha value is -3.52. The number of fused-ring (bicyclic) bond motifs is 2. The molecule has 1 aromatic carbocycles. The molecule has 2 bridgehead atoms. The Morgan fingerprint density at radius 2 is 1.58 bits per heavy atom. The molecular weight excluding hydrogens is 520 g/mol. The number of alkyl halides is 6. The molecule has 2 aromatic heterocycles. The molecule has 206 valence electrons. The van der Waals surface area contributed by atoms with E-state index in [-0.39, 0.29) is 41.9 Å². The highest BCUT2D eigenvalue weighted by Gasteiger charge is 2.44. The van der Waals surface area contributed by atoms with Gasteiger partial charge in [0.2, 0.25) is 5.95 Å². The van der Waals surface area contributed by atoms with Crippen LogP contribution in [0.1, 0.15) is 49.7 Å². The highest BCUT2D eigenvalue weighted by atomic mass is 19.4. The molecule has 0 spiro atoms. The number of hydrogen-bond donors (Lipinski definition) is 1. The molecule has 3 aromatic rings. The zero-order valence-corrected chi connectivity index (χ0v) is 20.6. The van der Waals surface area contributed by atoms with Gasteiger partial charge >= 0.3 is 24.4 Å². The maximum atomic E-state index is 13.3. The molecule has 1 saturated heterocycles. The molecule has 3 heterocycles. The van der Waals surface area contributed by atoms with Gasteiger partial charge in [-0.15, -0.1) is 5.10 Å². The summed E-state index contributed by atoms with van der Waals surface area (Å²) in [5.74, 6) is 0.520. The molecule has 2 unspecified atom stereocenters. The van der Waals surface area contributed by atoms with Gasteiger partial charge in [-0.1, -0.05) is 5.16 Å². The standard InChI is InChI=1S/C23H25F6N7O2/c1-11(2)36-21(37-17-7-15(22(24,25)26)6-16(8-17)23(27,28)29)32-19(33-36)31-18-13-4-5-14(18)10-35(9-13)20-30-12(3)34-38-20/h6-8,11,13-14,18H,4-5,9-10H2,1-3H3,(H,31,33). The molecule has 1 aliphatic carbocycles. The lowest BCUT2D eigenvalue weighted by Gasteiger charge is -2.37. The Morgan fingerprint density at radius 3 is 2.08 bits per heavy atom. The SMILES string of the molecule is Cc1noc(N2CC3CCC(C2)C3Nc2nc(Oc3cc(C(F)(F)F)cc(C(F)(F)F)c3)n(C(C)C)n2)n1. The zero-order chi connectivity index (χ0) is 27.4. The fourth-order valence-corrected chi connectivity index (χ4v) is 5.04. The second-order valence-corrected chi connectivity index (χ2v) is 9.90. The number of halogens is 6. The maximum absolute atomic E-state index is 13.3. The lowest BCUT2D eigenvalue weighted by atomic mass is 9.92. The van der Waals surface area contributed by atoms with Gasteiger partial charge in [-0.2, -0.15) is 36.3 Å². The topological polar surface area (TPSA) is 94.1 Å². The van der Waals surface area contributed by atoms with Crippen molar-refractivity contribution in [3.05, 3.63) is 35.2 Å². The zero-order valence-electron chi connectivity index (χ0n) is 20.6. The molecule has 15 heteroatoms. The fraction of sp³-hybridized carbons (Fsp3) is 0.565. The fourth-order valence-electron chi connectivity index (χ4n) is 5.04. The van der Waals surface area contributed by atoms with Gasteiger partial charge in [-0.25, -0.2) is 4.68 Å². The molecular formula is C23H25F6N7O2. The highest BCUT2D eigenvalue weighted by Crippen LogP contribution is 2.41. The van der Waals surface area contributed by atoms with Crippen LogP contribution >= 0.6 is 0 Å². The van der Waals surface area contributed by atoms with Gasteiger partial charge in [0.25, 0.3) is 0 Å². The van der Waals surface area contributed by atoms with Crippen molar-refractivity contribution >= 4 is 12.0 Å². The summed E-state index contributed by atoms with van der Waals surface area (Å²) >= 11 is 0. The third kappa shape index (κ3) is 5.23. The van der Waals surface area contributed by atoms with Gasteiger partial charge in [0.15, 0.2) is 5.82 Å². The Morgan fingerprint density at radius 1 is 0.974 bits per heavy atom. The van der Waals surface area contributed by atoms with Gasteiger partial charge in [0, 0.05) is 19.1 Å². The first-order valence-corrected chi connectivity index (χ1v) is 12.0. The van der Waals surface area contributed by atoms with Gasteiger partial charge in [0.1, 0.15) is 5.75 Å². The summed E-state index contributed by atoms with van der Waals surface area (Å²) in [7, 11) is 0. The molecule has 2 aliphatic rings. The van der Waals surface area contributed by atoms with E-state index in [1.165, 1.54) is 4.68 Å². The van der Waals surface area contributed by atoms with Gasteiger partial charge in [0.05, 0.1) is 17.2 Å². The number of nitrogens with one attached hydrogen (secondary N) is 1. The average Bonchev–Trinajstić information content (AvgIpc) is 3.48. The molecule has 9 nitrogen and oxygen atoms in total. The number of hydrogen-bond acceptors (Lipinski definition) is 8. The van der Waals surface area contributed by atoms with Gasteiger partial charge in [-0.05, 0) is 63.6 Å². The van der Waals surface area contributed by atoms with Crippen LogP contribution in [0.25, 0.3) is 0 Å². The van der Waals surface area contributed by atoms with Crippen molar-refractivity contribution in [1.29, 1.82) is 0 Å². The lowest BCUT2D eigenvalue weighted by molar-refractivity contribution is -0.143. The lowest BCUT2D eigenvalue weighted by Crippen LogP contribution is -2.48. The van der Waals surface area contributed by atoms with Crippen LogP contribution in [0.4, 0.5) is 38.3 Å². The Kier molecular flexibility index (Phi) is 6.42. The number of anilines is 2. The highest BCUT2D eigenvalue weighted by molar-refractivity contribution is 5.40. The summed E-state index contributed by atoms with van der Waals surface area (Å²) in [6.45, 7) is 6.58. The number of aryl methyl sites for hydroxylation is 1. The van der Waals surface area contributed by atoms with Crippen LogP contribution < -0.4 is 15.0 Å². The molecule has 1 aliphatic heterocycles. The summed E-state index contributed by atoms with van der Waals surface area (Å²) < 4.78 is 91.8. The number of piperidine rings is 1. The van der Waals surface area contributed by atoms with Crippen molar-refractivity contribution in [2.45, 2.75) is 58.0 Å². The van der Waals surface area contributed by atoms with Crippen molar-refractivity contribution in [2.24, 2.45) is 11.8 Å². The van der Waals surface area contributed by atoms with E-state index in [1.807, 2.05) is 4.90 Å². The largest absolute Gasteiger partial charge is 0.424 e. The van der Waals surface area contributed by atoms with E-state index in [4.69, 9.17) is 9.26 Å². The first-order chi connectivity index (χ1) is 17.8. The van der Waals surface area contributed by atoms with E-state index in [9.17, 15) is 26.3 Å². The van der Waals surface area contributed by atoms with E-state index < -0.39 is 29.2 Å². The normalized spacial score (nSPS) is 21.8. The number of rotatable bonds is 6. The van der Waals surface area contributed by atoms with Crippen molar-refractivity contribution in [2.75, 3.05) is 23.3 Å². The van der Waals surface area contributed by atoms with E-state index in [0.717, 1.165) is 12.8 Å². The quantitative estimate of drug-likeness (QED) is 0.394. The third-order valence-electron chi connectivity index (χ3n) is 6.78. The molecule has 2 fully saturated rings. The second kappa shape index (κ2) is 9.34. The molecule has 0 radical (unpaired) electrons. The molecule has 38 heavy (non-hydrogen) atoms. The van der Waals surface area contributed by atoms with Crippen LogP contribution in [0.3, 0.4) is 0 Å². The molecule has 1 saturated carbocycles. The van der Waals surface area contributed by atoms with E-state index in [1.54, 1.807) is 20.8 Å². The summed E-state index contributed by atoms with van der Waals surface area (Å²) in [5, 5.41) is 11.6. The number of nitrogens with zero attached hydrogens (tertiary/aromatic N) is 6. The van der Waals surface area contributed by atoms with Crippen molar-refractivity contribution in [3.63, 3.8) is 0 Å². The minimum absolute atomic E-state index is 0.0107. The Labute approximate surface area is 213 Å². The van der Waals surface area contributed by atoms with E-state index >= 15 is 0 Å². The summed E-state index contributed by atoms with van der Waals surface area (Å²) in [6.07, 6.45) is -8.09. The summed E-state index contributed by atoms with van der Waals surface area (Å²) in [5.41, 5.74) is -2.95. The summed E-state index contributed by atoms with van der Waals surface area (Å²) in [6, 6.07) is 0.992. The van der Waals surface area contributed by atoms with Crippen molar-refractivity contribution in [1.82, 2.24) is 24.9 Å². The Bertz CT molecular complexity index is 1260. The van der Waals surface area contributed by atoms with Crippen LogP contribution in [0.2, 0.25) is 0 Å².